The number of rotatable bonds is 6. The van der Waals surface area contributed by atoms with Gasteiger partial charge in [0.25, 0.3) is 5.91 Å². The molecule has 0 radical (unpaired) electrons. The van der Waals surface area contributed by atoms with Crippen molar-refractivity contribution >= 4 is 22.9 Å². The van der Waals surface area contributed by atoms with Crippen LogP contribution in [-0.2, 0) is 17.9 Å². The van der Waals surface area contributed by atoms with Gasteiger partial charge in [0.15, 0.2) is 0 Å². The predicted octanol–water partition coefficient (Wildman–Crippen LogP) is 3.86. The zero-order valence-corrected chi connectivity index (χ0v) is 20.7. The van der Waals surface area contributed by atoms with Crippen molar-refractivity contribution in [2.45, 2.75) is 19.3 Å². The lowest BCUT2D eigenvalue weighted by molar-refractivity contribution is -0.192. The summed E-state index contributed by atoms with van der Waals surface area (Å²) in [4.78, 5) is 23.9. The monoisotopic (exact) mass is 541 g/mol. The highest BCUT2D eigenvalue weighted by atomic mass is 19.4. The van der Waals surface area contributed by atoms with E-state index in [-0.39, 0.29) is 5.91 Å². The second kappa shape index (κ2) is 12.5. The predicted molar refractivity (Wildman–Crippen MR) is 137 cm³/mol. The third-order valence-corrected chi connectivity index (χ3v) is 6.01. The van der Waals surface area contributed by atoms with E-state index in [0.29, 0.717) is 23.1 Å². The summed E-state index contributed by atoms with van der Waals surface area (Å²) in [6.07, 6.45) is -5.08. The topological polar surface area (TPSA) is 121 Å². The third kappa shape index (κ3) is 7.85. The van der Waals surface area contributed by atoms with Crippen LogP contribution < -0.4 is 10.6 Å². The maximum Gasteiger partial charge on any atom is 0.490 e. The minimum absolute atomic E-state index is 0.154. The van der Waals surface area contributed by atoms with E-state index in [1.165, 1.54) is 11.1 Å². The lowest BCUT2D eigenvalue weighted by atomic mass is 10.0. The Morgan fingerprint density at radius 2 is 1.54 bits per heavy atom. The summed E-state index contributed by atoms with van der Waals surface area (Å²) in [6, 6.07) is 22.2. The zero-order valence-electron chi connectivity index (χ0n) is 20.7. The van der Waals surface area contributed by atoms with Crippen molar-refractivity contribution < 1.29 is 32.5 Å². The number of hydrogen-bond acceptors (Lipinski definition) is 7. The number of nitrogens with one attached hydrogen (secondary N) is 2. The number of hydrogen-bond donors (Lipinski definition) is 3. The van der Waals surface area contributed by atoms with Gasteiger partial charge in [-0.1, -0.05) is 36.4 Å². The van der Waals surface area contributed by atoms with Crippen molar-refractivity contribution in [3.05, 3.63) is 83.4 Å². The van der Waals surface area contributed by atoms with E-state index >= 15 is 0 Å². The fraction of sp³-hybridized carbons (Fsp3) is 0.259. The lowest BCUT2D eigenvalue weighted by Crippen LogP contribution is -2.42. The molecular weight excluding hydrogens is 515 g/mol. The van der Waals surface area contributed by atoms with Crippen LogP contribution in [0, 0.1) is 0 Å². The third-order valence-electron chi connectivity index (χ3n) is 6.01. The van der Waals surface area contributed by atoms with Crippen molar-refractivity contribution in [2.75, 3.05) is 26.2 Å². The molecule has 12 heteroatoms. The highest BCUT2D eigenvalue weighted by Gasteiger charge is 2.38. The largest absolute Gasteiger partial charge is 0.490 e. The molecule has 1 aliphatic rings. The van der Waals surface area contributed by atoms with Gasteiger partial charge in [-0.15, -0.1) is 0 Å². The molecule has 2 heterocycles. The van der Waals surface area contributed by atoms with Gasteiger partial charge in [0, 0.05) is 44.8 Å². The first-order chi connectivity index (χ1) is 18.7. The highest BCUT2D eigenvalue weighted by molar-refractivity contribution is 5.97. The van der Waals surface area contributed by atoms with Crippen LogP contribution in [0.3, 0.4) is 0 Å². The summed E-state index contributed by atoms with van der Waals surface area (Å²) in [5.74, 6) is -2.91. The molecule has 204 valence electrons. The standard InChI is InChI=1S/C25H25N5O2.C2HF3O2/c31-25(22-7-8-23-24(15-22)29-32-28-23)27-16-18-3-1-5-20(13-18)21-6-2-4-19(14-21)17-30-11-9-26-10-12-30;3-2(4,5)1(6)7/h1-8,13-15,26H,9-12,16-17H2,(H,27,31);(H,6,7). The molecule has 3 aromatic carbocycles. The number of carbonyl (C=O) groups excluding carboxylic acids is 1. The van der Waals surface area contributed by atoms with Gasteiger partial charge in [-0.2, -0.15) is 13.2 Å². The Kier molecular flexibility index (Phi) is 8.89. The van der Waals surface area contributed by atoms with Crippen LogP contribution in [0.15, 0.2) is 71.4 Å². The Labute approximate surface area is 221 Å². The number of fused-ring (bicyclic) bond motifs is 1. The van der Waals surface area contributed by atoms with Gasteiger partial charge in [-0.25, -0.2) is 9.42 Å². The quantitative estimate of drug-likeness (QED) is 0.337. The molecule has 1 aliphatic heterocycles. The first-order valence-corrected chi connectivity index (χ1v) is 12.1. The zero-order chi connectivity index (χ0) is 27.8. The number of carboxylic acids is 1. The molecule has 0 atom stereocenters. The molecule has 1 fully saturated rings. The Balaban J connectivity index is 0.000000448. The molecule has 0 saturated carbocycles. The first kappa shape index (κ1) is 27.7. The molecule has 0 unspecified atom stereocenters. The molecule has 0 spiro atoms. The van der Waals surface area contributed by atoms with E-state index < -0.39 is 12.1 Å². The van der Waals surface area contributed by atoms with Crippen molar-refractivity contribution in [3.8, 4) is 11.1 Å². The maximum absolute atomic E-state index is 12.6. The van der Waals surface area contributed by atoms with Crippen LogP contribution in [-0.4, -0.2) is 64.6 Å². The molecule has 1 saturated heterocycles. The SMILES string of the molecule is O=C(NCc1cccc(-c2cccc(CN3CCNCC3)c2)c1)c1ccc2nonc2c1.O=C(O)C(F)(F)F. The summed E-state index contributed by atoms with van der Waals surface area (Å²) in [6.45, 7) is 5.69. The number of carbonyl (C=O) groups is 2. The molecule has 4 aromatic rings. The molecule has 0 aliphatic carbocycles. The molecule has 0 bridgehead atoms. The van der Waals surface area contributed by atoms with E-state index in [1.807, 2.05) is 12.1 Å². The van der Waals surface area contributed by atoms with Crippen LogP contribution in [0.2, 0.25) is 0 Å². The smallest absolute Gasteiger partial charge is 0.475 e. The Bertz CT molecular complexity index is 1430. The maximum atomic E-state index is 12.6. The Morgan fingerprint density at radius 1 is 0.923 bits per heavy atom. The number of alkyl halides is 3. The summed E-state index contributed by atoms with van der Waals surface area (Å²) in [7, 11) is 0. The van der Waals surface area contributed by atoms with Crippen LogP contribution in [0.4, 0.5) is 13.2 Å². The van der Waals surface area contributed by atoms with E-state index in [2.05, 4.69) is 62.2 Å². The Morgan fingerprint density at radius 3 is 2.21 bits per heavy atom. The molecule has 5 rings (SSSR count). The molecule has 9 nitrogen and oxygen atoms in total. The highest BCUT2D eigenvalue weighted by Crippen LogP contribution is 2.23. The minimum Gasteiger partial charge on any atom is -0.475 e. The lowest BCUT2D eigenvalue weighted by Gasteiger charge is -2.27. The number of aromatic nitrogens is 2. The van der Waals surface area contributed by atoms with Crippen LogP contribution in [0.25, 0.3) is 22.2 Å². The number of aliphatic carboxylic acids is 1. The van der Waals surface area contributed by atoms with Gasteiger partial charge < -0.3 is 15.7 Å². The number of piperazine rings is 1. The normalized spacial score (nSPS) is 13.9. The van der Waals surface area contributed by atoms with E-state index in [1.54, 1.807) is 18.2 Å². The second-order valence-electron chi connectivity index (χ2n) is 8.88. The van der Waals surface area contributed by atoms with Crippen LogP contribution >= 0.6 is 0 Å². The average molecular weight is 542 g/mol. The van der Waals surface area contributed by atoms with Gasteiger partial charge in [-0.05, 0) is 62.9 Å². The summed E-state index contributed by atoms with van der Waals surface area (Å²) in [5.41, 5.74) is 6.44. The number of amides is 1. The van der Waals surface area contributed by atoms with Gasteiger partial charge in [0.05, 0.1) is 0 Å². The minimum atomic E-state index is -5.08. The molecular formula is C27H26F3N5O4. The molecule has 1 amide bonds. The van der Waals surface area contributed by atoms with Crippen molar-refractivity contribution in [3.63, 3.8) is 0 Å². The molecule has 1 aromatic heterocycles. The molecule has 39 heavy (non-hydrogen) atoms. The van der Waals surface area contributed by atoms with Gasteiger partial charge in [0.1, 0.15) is 11.0 Å². The number of benzene rings is 3. The first-order valence-electron chi connectivity index (χ1n) is 12.1. The van der Waals surface area contributed by atoms with Crippen molar-refractivity contribution in [1.29, 1.82) is 0 Å². The summed E-state index contributed by atoms with van der Waals surface area (Å²) >= 11 is 0. The second-order valence-corrected chi connectivity index (χ2v) is 8.88. The van der Waals surface area contributed by atoms with Gasteiger partial charge in [0.2, 0.25) is 0 Å². The number of halogens is 3. The van der Waals surface area contributed by atoms with Crippen molar-refractivity contribution in [2.24, 2.45) is 0 Å². The van der Waals surface area contributed by atoms with Gasteiger partial charge in [-0.3, -0.25) is 9.69 Å². The summed E-state index contributed by atoms with van der Waals surface area (Å²) < 4.78 is 36.4. The van der Waals surface area contributed by atoms with Crippen molar-refractivity contribution in [1.82, 2.24) is 25.8 Å². The fourth-order valence-corrected chi connectivity index (χ4v) is 4.05. The van der Waals surface area contributed by atoms with E-state index in [4.69, 9.17) is 14.5 Å². The number of carboxylic acid groups (broad SMARTS) is 1. The van der Waals surface area contributed by atoms with Crippen LogP contribution in [0.1, 0.15) is 21.5 Å². The average Bonchev–Trinajstić information content (AvgIpc) is 3.41. The summed E-state index contributed by atoms with van der Waals surface area (Å²) in [5, 5.41) is 21.1. The fourth-order valence-electron chi connectivity index (χ4n) is 4.05. The van der Waals surface area contributed by atoms with Gasteiger partial charge >= 0.3 is 12.1 Å². The van der Waals surface area contributed by atoms with E-state index in [0.717, 1.165) is 43.9 Å². The Hall–Kier alpha value is -4.29. The van der Waals surface area contributed by atoms with Crippen LogP contribution in [0.5, 0.6) is 0 Å². The van der Waals surface area contributed by atoms with E-state index in [9.17, 15) is 18.0 Å². The molecule has 3 N–H and O–H groups in total. The number of nitrogens with zero attached hydrogens (tertiary/aromatic N) is 3.